The number of rotatable bonds is 1. The van der Waals surface area contributed by atoms with Gasteiger partial charge in [0.2, 0.25) is 6.20 Å². The zero-order chi connectivity index (χ0) is 25.2. The molecule has 0 aliphatic carbocycles. The Kier molecular flexibility index (Phi) is 9.19. The Morgan fingerprint density at radius 3 is 1.71 bits per heavy atom. The molecule has 0 radical (unpaired) electrons. The van der Waals surface area contributed by atoms with E-state index < -0.39 is 13.1 Å². The molecule has 12 heteroatoms. The van der Waals surface area contributed by atoms with Gasteiger partial charge in [-0.2, -0.15) is 5.10 Å². The van der Waals surface area contributed by atoms with E-state index in [-0.39, 0.29) is 36.9 Å². The molecule has 0 atom stereocenters. The van der Waals surface area contributed by atoms with Crippen LogP contribution in [0.1, 0.15) is 62.8 Å². The molecule has 2 aromatic heterocycles. The van der Waals surface area contributed by atoms with Crippen molar-refractivity contribution in [2.75, 3.05) is 0 Å². The summed E-state index contributed by atoms with van der Waals surface area (Å²) in [5.41, 5.74) is -0.366. The molecule has 0 unspecified atom stereocenters. The fourth-order valence-corrected chi connectivity index (χ4v) is 2.74. The molecular weight excluding hydrogens is 438 g/mol. The maximum absolute atomic E-state index is 10.0. The summed E-state index contributed by atoms with van der Waals surface area (Å²) in [4.78, 5) is 0. The Hall–Kier alpha value is -2.32. The summed E-state index contributed by atoms with van der Waals surface area (Å²) < 4.78 is 29.8. The summed E-state index contributed by atoms with van der Waals surface area (Å²) in [5, 5.41) is 17.6. The number of hydrogen-bond acceptors (Lipinski definition) is 8. The summed E-state index contributed by atoms with van der Waals surface area (Å²) in [6, 6.07) is 1.92. The second kappa shape index (κ2) is 10.5. The van der Waals surface area contributed by atoms with Gasteiger partial charge < -0.3 is 28.2 Å². The molecule has 0 spiro atoms. The highest BCUT2D eigenvalue weighted by Crippen LogP contribution is 2.37. The van der Waals surface area contributed by atoms with Crippen LogP contribution in [0.2, 0.25) is 0 Å². The molecule has 2 fully saturated rings. The van der Waals surface area contributed by atoms with Crippen molar-refractivity contribution in [3.8, 4) is 18.2 Å². The summed E-state index contributed by atoms with van der Waals surface area (Å²) in [6.07, 6.45) is 8.32. The van der Waals surface area contributed by atoms with Gasteiger partial charge in [0.05, 0.1) is 33.3 Å². The minimum atomic E-state index is -0.486. The van der Waals surface area contributed by atoms with Crippen LogP contribution in [-0.4, -0.2) is 51.7 Å². The summed E-state index contributed by atoms with van der Waals surface area (Å²) in [7, 11) is 2.66. The summed E-state index contributed by atoms with van der Waals surface area (Å²) in [6.45, 7) is 16.1. The lowest BCUT2D eigenvalue weighted by Gasteiger charge is -2.32. The first-order valence-corrected chi connectivity index (χ1v) is 10.7. The Morgan fingerprint density at radius 2 is 1.44 bits per heavy atom. The van der Waals surface area contributed by atoms with Crippen LogP contribution >= 0.6 is 0 Å². The van der Waals surface area contributed by atoms with Gasteiger partial charge in [0, 0.05) is 13.2 Å². The van der Waals surface area contributed by atoms with E-state index in [4.69, 9.17) is 25.0 Å². The molecule has 0 aromatic carbocycles. The highest BCUT2D eigenvalue weighted by atomic mass is 16.7. The lowest BCUT2D eigenvalue weighted by Crippen LogP contribution is -2.41. The van der Waals surface area contributed by atoms with Gasteiger partial charge in [0.25, 0.3) is 0 Å². The zero-order valence-corrected chi connectivity index (χ0v) is 21.2. The topological polar surface area (TPSA) is 108 Å². The van der Waals surface area contributed by atoms with Crippen LogP contribution in [0.3, 0.4) is 0 Å². The molecule has 0 bridgehead atoms. The second-order valence-electron chi connectivity index (χ2n) is 9.95. The molecule has 2 aromatic rings. The Labute approximate surface area is 204 Å². The Balaban J connectivity index is 0.000000269. The minimum Gasteiger partial charge on any atom is -0.539 e. The molecule has 4 heterocycles. The first-order valence-electron chi connectivity index (χ1n) is 10.7. The van der Waals surface area contributed by atoms with Gasteiger partial charge in [-0.1, -0.05) is 17.9 Å². The quantitative estimate of drug-likeness (QED) is 0.343. The van der Waals surface area contributed by atoms with Gasteiger partial charge in [0.15, 0.2) is 7.05 Å². The number of hydrogen-bond donors (Lipinski definition) is 0. The van der Waals surface area contributed by atoms with Gasteiger partial charge >= 0.3 is 14.2 Å². The predicted molar refractivity (Wildman–Crippen MR) is 128 cm³/mol. The van der Waals surface area contributed by atoms with Gasteiger partial charge in [-0.05, 0) is 61.5 Å². The van der Waals surface area contributed by atoms with E-state index in [0.29, 0.717) is 0 Å². The Bertz CT molecular complexity index is 932. The molecule has 0 saturated carbocycles. The number of nitrogens with zero attached hydrogens (tertiary/aromatic N) is 4. The SMILES string of the molecule is C.C#CB1OC(C)(C)C(C)(C)O1.C[n+]1cc([O-])on1.Cn1ccc(B2OC(C)(C)C(C)(C)O2)n1. The third kappa shape index (κ3) is 6.85. The van der Waals surface area contributed by atoms with Crippen LogP contribution in [-0.2, 0) is 32.7 Å². The van der Waals surface area contributed by atoms with E-state index in [1.54, 1.807) is 11.7 Å². The third-order valence-corrected chi connectivity index (χ3v) is 6.17. The van der Waals surface area contributed by atoms with Crippen LogP contribution in [0, 0.1) is 12.2 Å². The standard InChI is InChI=1S/C10H17BN2O2.C8H13BO2.C3H4N2O2.CH4/c1-9(2)10(3,4)15-11(14-9)8-6-7-13(5)12-8;1-6-9-10-7(2,3)8(4,5)11-9;1-5-2-3(6)7-4-5;/h6-7H,1-5H3;1H,2-5H3;2H,1H3;1H4. The molecule has 10 nitrogen and oxygen atoms in total. The largest absolute Gasteiger partial charge is 0.550 e. The van der Waals surface area contributed by atoms with E-state index in [9.17, 15) is 5.11 Å². The molecule has 2 saturated heterocycles. The van der Waals surface area contributed by atoms with Gasteiger partial charge in [-0.3, -0.25) is 4.68 Å². The summed E-state index contributed by atoms with van der Waals surface area (Å²) >= 11 is 0. The highest BCUT2D eigenvalue weighted by Gasteiger charge is 2.52. The molecule has 0 amide bonds. The van der Waals surface area contributed by atoms with Gasteiger partial charge in [-0.25, -0.2) is 0 Å². The lowest BCUT2D eigenvalue weighted by atomic mass is 9.85. The summed E-state index contributed by atoms with van der Waals surface area (Å²) in [5.74, 6) is 2.02. The zero-order valence-electron chi connectivity index (χ0n) is 21.2. The number of terminal acetylenes is 1. The van der Waals surface area contributed by atoms with Gasteiger partial charge in [-0.15, -0.1) is 6.42 Å². The first kappa shape index (κ1) is 29.7. The molecule has 2 aliphatic heterocycles. The molecule has 4 rings (SSSR count). The molecular formula is C22H38B2N4O6. The predicted octanol–water partition coefficient (Wildman–Crippen LogP) is 1.18. The minimum absolute atomic E-state index is 0. The maximum Gasteiger partial charge on any atom is 0.550 e. The molecule has 2 aliphatic rings. The first-order chi connectivity index (χ1) is 15.0. The monoisotopic (exact) mass is 476 g/mol. The normalized spacial score (nSPS) is 20.9. The van der Waals surface area contributed by atoms with Crippen molar-refractivity contribution in [3.05, 3.63) is 18.5 Å². The molecule has 0 N–H and O–H groups in total. The highest BCUT2D eigenvalue weighted by molar-refractivity contribution is 6.61. The van der Waals surface area contributed by atoms with Crippen LogP contribution in [0.5, 0.6) is 5.95 Å². The Morgan fingerprint density at radius 1 is 0.971 bits per heavy atom. The van der Waals surface area contributed by atoms with Crippen LogP contribution in [0.15, 0.2) is 23.0 Å². The third-order valence-electron chi connectivity index (χ3n) is 6.17. The average Bonchev–Trinajstić information content (AvgIpc) is 3.37. The van der Waals surface area contributed by atoms with Crippen molar-refractivity contribution in [1.29, 1.82) is 0 Å². The van der Waals surface area contributed by atoms with E-state index >= 15 is 0 Å². The van der Waals surface area contributed by atoms with Crippen molar-refractivity contribution in [2.45, 2.75) is 85.2 Å². The van der Waals surface area contributed by atoms with Crippen LogP contribution in [0.25, 0.3) is 0 Å². The fourth-order valence-electron chi connectivity index (χ4n) is 2.74. The van der Waals surface area contributed by atoms with E-state index in [2.05, 4.69) is 20.7 Å². The number of aryl methyl sites for hydroxylation is 2. The second-order valence-corrected chi connectivity index (χ2v) is 9.95. The maximum atomic E-state index is 10.0. The number of aromatic nitrogens is 4. The van der Waals surface area contributed by atoms with Crippen molar-refractivity contribution >= 4 is 19.8 Å². The lowest BCUT2D eigenvalue weighted by molar-refractivity contribution is -0.739. The fraction of sp³-hybridized carbons (Fsp3) is 0.682. The smallest absolute Gasteiger partial charge is 0.539 e. The van der Waals surface area contributed by atoms with Gasteiger partial charge in [0.1, 0.15) is 5.95 Å². The van der Waals surface area contributed by atoms with Crippen LogP contribution in [0.4, 0.5) is 0 Å². The van der Waals surface area contributed by atoms with E-state index in [1.807, 2.05) is 74.7 Å². The average molecular weight is 476 g/mol. The van der Waals surface area contributed by atoms with Crippen molar-refractivity contribution in [1.82, 2.24) is 15.1 Å². The van der Waals surface area contributed by atoms with Crippen molar-refractivity contribution in [2.24, 2.45) is 14.1 Å². The van der Waals surface area contributed by atoms with E-state index in [0.717, 1.165) is 5.59 Å². The van der Waals surface area contributed by atoms with E-state index in [1.165, 1.54) is 10.9 Å². The van der Waals surface area contributed by atoms with Crippen LogP contribution < -0.4 is 15.4 Å². The van der Waals surface area contributed by atoms with Crippen molar-refractivity contribution in [3.63, 3.8) is 0 Å². The van der Waals surface area contributed by atoms with Crippen molar-refractivity contribution < 1.29 is 32.9 Å². The molecule has 188 valence electrons. The molecule has 34 heavy (non-hydrogen) atoms.